The molecule has 1 fully saturated rings. The van der Waals surface area contributed by atoms with Gasteiger partial charge >= 0.3 is 5.97 Å². The Kier molecular flexibility index (Phi) is 5.33. The fourth-order valence-corrected chi connectivity index (χ4v) is 5.74. The van der Waals surface area contributed by atoms with E-state index in [1.165, 1.54) is 5.19 Å². The molecule has 0 radical (unpaired) electrons. The number of esters is 1. The van der Waals surface area contributed by atoms with Gasteiger partial charge in [0.15, 0.2) is 17.3 Å². The van der Waals surface area contributed by atoms with Crippen LogP contribution in [-0.2, 0) is 16.0 Å². The fraction of sp³-hybridized carbons (Fsp3) is 0.417. The molecule has 1 heterocycles. The zero-order valence-corrected chi connectivity index (χ0v) is 19.8. The maximum Gasteiger partial charge on any atom is 0.310 e. The molecule has 1 saturated heterocycles. The Labute approximate surface area is 183 Å². The lowest BCUT2D eigenvalue weighted by Gasteiger charge is -2.27. The zero-order valence-electron chi connectivity index (χ0n) is 18.8. The van der Waals surface area contributed by atoms with E-state index in [1.807, 2.05) is 18.2 Å². The summed E-state index contributed by atoms with van der Waals surface area (Å²) < 4.78 is 22.3. The van der Waals surface area contributed by atoms with E-state index in [0.29, 0.717) is 29.2 Å². The van der Waals surface area contributed by atoms with Gasteiger partial charge in [0.1, 0.15) is 6.61 Å². The van der Waals surface area contributed by atoms with Gasteiger partial charge in [-0.25, -0.2) is 0 Å². The third kappa shape index (κ3) is 3.41. The van der Waals surface area contributed by atoms with Crippen molar-refractivity contribution in [2.24, 2.45) is 11.8 Å². The second-order valence-electron chi connectivity index (χ2n) is 9.10. The lowest BCUT2D eigenvalue weighted by molar-refractivity contribution is -0.141. The van der Waals surface area contributed by atoms with Gasteiger partial charge in [-0.1, -0.05) is 43.0 Å². The number of fused-ring (bicyclic) bond motifs is 4. The summed E-state index contributed by atoms with van der Waals surface area (Å²) in [6, 6.07) is 8.00. The molecule has 2 aromatic rings. The summed E-state index contributed by atoms with van der Waals surface area (Å²) in [6.45, 7) is 6.86. The first-order valence-electron chi connectivity index (χ1n) is 10.4. The monoisotopic (exact) mass is 440 g/mol. The summed E-state index contributed by atoms with van der Waals surface area (Å²) >= 11 is 0. The molecule has 1 aliphatic carbocycles. The van der Waals surface area contributed by atoms with Crippen molar-refractivity contribution in [2.75, 3.05) is 27.9 Å². The molecule has 2 atom stereocenters. The van der Waals surface area contributed by atoms with Crippen LogP contribution in [0.4, 0.5) is 0 Å². The summed E-state index contributed by atoms with van der Waals surface area (Å²) in [6.07, 6.45) is 0.372. The molecule has 164 valence electrons. The number of ketones is 1. The van der Waals surface area contributed by atoms with Gasteiger partial charge in [-0.15, -0.1) is 0 Å². The highest BCUT2D eigenvalue weighted by molar-refractivity contribution is 6.88. The highest BCUT2D eigenvalue weighted by atomic mass is 28.3. The van der Waals surface area contributed by atoms with Crippen LogP contribution >= 0.6 is 0 Å². The number of ether oxygens (including phenoxy) is 4. The number of rotatable bonds is 4. The van der Waals surface area contributed by atoms with Crippen molar-refractivity contribution in [3.63, 3.8) is 0 Å². The number of cyclic esters (lactones) is 1. The second-order valence-corrected chi connectivity index (χ2v) is 14.2. The molecule has 31 heavy (non-hydrogen) atoms. The maximum absolute atomic E-state index is 13.7. The summed E-state index contributed by atoms with van der Waals surface area (Å²) in [5, 5.41) is 1.18. The third-order valence-corrected chi connectivity index (χ3v) is 8.35. The molecule has 0 unspecified atom stereocenters. The Morgan fingerprint density at radius 1 is 0.903 bits per heavy atom. The Morgan fingerprint density at radius 3 is 2.23 bits per heavy atom. The molecular formula is C24H28O6Si. The first kappa shape index (κ1) is 21.4. The normalized spacial score (nSPS) is 20.1. The van der Waals surface area contributed by atoms with Gasteiger partial charge in [-0.05, 0) is 23.6 Å². The van der Waals surface area contributed by atoms with Crippen molar-refractivity contribution in [1.29, 1.82) is 0 Å². The van der Waals surface area contributed by atoms with Gasteiger partial charge in [0.2, 0.25) is 5.75 Å². The Hall–Kier alpha value is -2.80. The van der Waals surface area contributed by atoms with E-state index in [2.05, 4.69) is 25.7 Å². The molecule has 0 amide bonds. The van der Waals surface area contributed by atoms with Crippen molar-refractivity contribution >= 4 is 25.0 Å². The lowest BCUT2D eigenvalue weighted by atomic mass is 9.77. The van der Waals surface area contributed by atoms with Crippen LogP contribution < -0.4 is 19.4 Å². The molecule has 0 spiro atoms. The highest BCUT2D eigenvalue weighted by Crippen LogP contribution is 2.50. The number of Topliss-reactive ketones (excluding diaryl/α,β-unsaturated/α-hetero) is 1. The van der Waals surface area contributed by atoms with Crippen molar-refractivity contribution in [3.05, 3.63) is 35.4 Å². The van der Waals surface area contributed by atoms with Gasteiger partial charge in [-0.3, -0.25) is 9.59 Å². The summed E-state index contributed by atoms with van der Waals surface area (Å²) in [4.78, 5) is 26.2. The first-order chi connectivity index (χ1) is 14.7. The van der Waals surface area contributed by atoms with Crippen molar-refractivity contribution in [2.45, 2.75) is 26.1 Å². The molecule has 0 aromatic heterocycles. The van der Waals surface area contributed by atoms with Gasteiger partial charge in [0.25, 0.3) is 0 Å². The minimum atomic E-state index is -1.67. The number of methoxy groups -OCH3 is 3. The van der Waals surface area contributed by atoms with E-state index >= 15 is 0 Å². The molecule has 0 saturated carbocycles. The number of hydrogen-bond donors (Lipinski definition) is 0. The van der Waals surface area contributed by atoms with Gasteiger partial charge in [0, 0.05) is 11.1 Å². The largest absolute Gasteiger partial charge is 0.493 e. The van der Waals surface area contributed by atoms with Gasteiger partial charge in [0.05, 0.1) is 41.2 Å². The van der Waals surface area contributed by atoms with Crippen LogP contribution in [0.3, 0.4) is 0 Å². The summed E-state index contributed by atoms with van der Waals surface area (Å²) in [5.41, 5.74) is 3.04. The molecule has 6 nitrogen and oxygen atoms in total. The van der Waals surface area contributed by atoms with Crippen LogP contribution in [-0.4, -0.2) is 47.8 Å². The third-order valence-electron chi connectivity index (χ3n) is 6.30. The predicted octanol–water partition coefficient (Wildman–Crippen LogP) is 3.45. The van der Waals surface area contributed by atoms with Crippen molar-refractivity contribution in [1.82, 2.24) is 0 Å². The van der Waals surface area contributed by atoms with Crippen LogP contribution in [0.5, 0.6) is 17.2 Å². The van der Waals surface area contributed by atoms with Crippen molar-refractivity contribution in [3.8, 4) is 28.4 Å². The number of carbonyl (C=O) groups excluding carboxylic acids is 2. The van der Waals surface area contributed by atoms with E-state index in [9.17, 15) is 9.59 Å². The predicted molar refractivity (Wildman–Crippen MR) is 120 cm³/mol. The van der Waals surface area contributed by atoms with Crippen LogP contribution in [0.15, 0.2) is 24.3 Å². The molecule has 2 aliphatic rings. The van der Waals surface area contributed by atoms with Crippen LogP contribution in [0.25, 0.3) is 11.1 Å². The fourth-order valence-electron chi connectivity index (χ4n) is 4.58. The second kappa shape index (κ2) is 7.71. The van der Waals surface area contributed by atoms with E-state index in [1.54, 1.807) is 21.3 Å². The number of carbonyl (C=O) groups is 2. The molecule has 7 heteroatoms. The Balaban J connectivity index is 2.08. The Morgan fingerprint density at radius 2 is 1.61 bits per heavy atom. The minimum Gasteiger partial charge on any atom is -0.493 e. The molecule has 0 N–H and O–H groups in total. The maximum atomic E-state index is 13.7. The van der Waals surface area contributed by atoms with Gasteiger partial charge < -0.3 is 18.9 Å². The quantitative estimate of drug-likeness (QED) is 0.536. The minimum absolute atomic E-state index is 0.0477. The van der Waals surface area contributed by atoms with E-state index in [4.69, 9.17) is 18.9 Å². The average Bonchev–Trinajstić information content (AvgIpc) is 3.10. The summed E-state index contributed by atoms with van der Waals surface area (Å²) in [5.74, 6) is 0.0802. The van der Waals surface area contributed by atoms with Crippen LogP contribution in [0.1, 0.15) is 15.9 Å². The van der Waals surface area contributed by atoms with Crippen LogP contribution in [0.2, 0.25) is 19.6 Å². The standard InChI is InChI=1S/C24H28O6Si/c1-27-19-10-13-9-17-18(12-30-24(17)26)21(25)16-11-14(31(4,5)6)7-8-15(16)20(13)23(29-3)22(19)28-2/h7-8,10-11,17-18H,9,12H2,1-6H3/t17-,18+/m1/s1. The molecular weight excluding hydrogens is 412 g/mol. The molecule has 4 rings (SSSR count). The number of hydrogen-bond acceptors (Lipinski definition) is 6. The zero-order chi connectivity index (χ0) is 22.5. The average molecular weight is 441 g/mol. The lowest BCUT2D eigenvalue weighted by Crippen LogP contribution is -2.38. The topological polar surface area (TPSA) is 71.1 Å². The first-order valence-corrected chi connectivity index (χ1v) is 13.9. The SMILES string of the molecule is COc1cc2c(c(OC)c1OC)-c1ccc([Si](C)(C)C)cc1C(=O)[C@H]1COC(=O)[C@@H]1C2. The van der Waals surface area contributed by atoms with E-state index in [0.717, 1.165) is 16.7 Å². The van der Waals surface area contributed by atoms with E-state index in [-0.39, 0.29) is 18.4 Å². The van der Waals surface area contributed by atoms with Crippen molar-refractivity contribution < 1.29 is 28.5 Å². The van der Waals surface area contributed by atoms with Gasteiger partial charge in [-0.2, -0.15) is 0 Å². The Bertz CT molecular complexity index is 1070. The molecule has 0 bridgehead atoms. The molecule has 1 aliphatic heterocycles. The molecule has 2 aromatic carbocycles. The highest BCUT2D eigenvalue weighted by Gasteiger charge is 2.45. The number of benzene rings is 2. The summed E-state index contributed by atoms with van der Waals surface area (Å²) in [7, 11) is 3.02. The van der Waals surface area contributed by atoms with E-state index < -0.39 is 19.9 Å². The van der Waals surface area contributed by atoms with Crippen LogP contribution in [0, 0.1) is 11.8 Å². The smallest absolute Gasteiger partial charge is 0.310 e.